The lowest BCUT2D eigenvalue weighted by Crippen LogP contribution is -2.40. The molecule has 0 N–H and O–H groups in total. The molecule has 3 heterocycles. The predicted octanol–water partition coefficient (Wildman–Crippen LogP) is 1.73. The number of anilines is 1. The number of aryl methyl sites for hydroxylation is 1. The first-order chi connectivity index (χ1) is 12.2. The molecular formula is C18H22N4O3. The first kappa shape index (κ1) is 16.1. The Morgan fingerprint density at radius 3 is 3.00 bits per heavy atom. The number of aromatic nitrogens is 2. The van der Waals surface area contributed by atoms with Crippen LogP contribution >= 0.6 is 0 Å². The van der Waals surface area contributed by atoms with Gasteiger partial charge in [0.15, 0.2) is 5.82 Å². The zero-order chi connectivity index (χ0) is 17.4. The third-order valence-electron chi connectivity index (χ3n) is 5.05. The second-order valence-corrected chi connectivity index (χ2v) is 6.64. The molecule has 7 heteroatoms. The molecule has 0 unspecified atom stereocenters. The Morgan fingerprint density at radius 1 is 1.40 bits per heavy atom. The molecule has 1 saturated heterocycles. The van der Waals surface area contributed by atoms with Gasteiger partial charge in [0.2, 0.25) is 11.8 Å². The Hall–Kier alpha value is -2.41. The van der Waals surface area contributed by atoms with Gasteiger partial charge in [-0.3, -0.25) is 4.79 Å². The Labute approximate surface area is 146 Å². The maximum Gasteiger partial charge on any atom is 0.249 e. The summed E-state index contributed by atoms with van der Waals surface area (Å²) in [5.74, 6) is 1.14. The molecule has 1 amide bonds. The van der Waals surface area contributed by atoms with E-state index in [2.05, 4.69) is 27.2 Å². The van der Waals surface area contributed by atoms with Crippen molar-refractivity contribution in [3.63, 3.8) is 0 Å². The fourth-order valence-corrected chi connectivity index (χ4v) is 3.75. The first-order valence-electron chi connectivity index (χ1n) is 8.61. The molecule has 4 rings (SSSR count). The highest BCUT2D eigenvalue weighted by Crippen LogP contribution is 2.33. The molecular weight excluding hydrogens is 320 g/mol. The summed E-state index contributed by atoms with van der Waals surface area (Å²) in [4.78, 5) is 21.3. The van der Waals surface area contributed by atoms with Crippen LogP contribution in [0.25, 0.3) is 0 Å². The average Bonchev–Trinajstić information content (AvgIpc) is 3.33. The summed E-state index contributed by atoms with van der Waals surface area (Å²) >= 11 is 0. The Balaban J connectivity index is 1.52. The minimum atomic E-state index is -0.212. The second-order valence-electron chi connectivity index (χ2n) is 6.64. The number of para-hydroxylation sites is 1. The molecule has 132 valence electrons. The van der Waals surface area contributed by atoms with Gasteiger partial charge in [-0.1, -0.05) is 23.4 Å². The van der Waals surface area contributed by atoms with Crippen LogP contribution in [0.15, 0.2) is 28.8 Å². The minimum Gasteiger partial charge on any atom is -0.380 e. The summed E-state index contributed by atoms with van der Waals surface area (Å²) in [5.41, 5.74) is 2.46. The summed E-state index contributed by atoms with van der Waals surface area (Å²) in [6, 6.07) is 8.05. The number of hydrogen-bond donors (Lipinski definition) is 0. The lowest BCUT2D eigenvalue weighted by atomic mass is 10.2. The number of benzene rings is 1. The second kappa shape index (κ2) is 6.48. The molecule has 2 aliphatic heterocycles. The molecule has 1 aromatic carbocycles. The lowest BCUT2D eigenvalue weighted by molar-refractivity contribution is -0.131. The van der Waals surface area contributed by atoms with Crippen molar-refractivity contribution in [3.8, 4) is 0 Å². The molecule has 0 spiro atoms. The SMILES string of the molecule is CO[C@H]1C[C@H](c2nc(C)no2)N(C(=O)CN2CCc3ccccc32)C1. The number of rotatable bonds is 4. The summed E-state index contributed by atoms with van der Waals surface area (Å²) < 4.78 is 10.8. The zero-order valence-electron chi connectivity index (χ0n) is 14.5. The monoisotopic (exact) mass is 342 g/mol. The van der Waals surface area contributed by atoms with Crippen molar-refractivity contribution in [2.75, 3.05) is 31.6 Å². The van der Waals surface area contributed by atoms with Crippen LogP contribution in [0.3, 0.4) is 0 Å². The topological polar surface area (TPSA) is 71.7 Å². The predicted molar refractivity (Wildman–Crippen MR) is 91.3 cm³/mol. The summed E-state index contributed by atoms with van der Waals surface area (Å²) in [7, 11) is 1.67. The van der Waals surface area contributed by atoms with E-state index in [9.17, 15) is 4.79 Å². The molecule has 25 heavy (non-hydrogen) atoms. The van der Waals surface area contributed by atoms with Crippen molar-refractivity contribution in [2.45, 2.75) is 31.9 Å². The maximum absolute atomic E-state index is 13.0. The quantitative estimate of drug-likeness (QED) is 0.843. The van der Waals surface area contributed by atoms with Gasteiger partial charge in [-0.15, -0.1) is 0 Å². The molecule has 0 saturated carbocycles. The van der Waals surface area contributed by atoms with E-state index in [0.717, 1.165) is 18.7 Å². The van der Waals surface area contributed by atoms with E-state index in [1.54, 1.807) is 14.0 Å². The molecule has 0 aliphatic carbocycles. The van der Waals surface area contributed by atoms with Crippen molar-refractivity contribution in [2.24, 2.45) is 0 Å². The van der Waals surface area contributed by atoms with E-state index in [-0.39, 0.29) is 18.1 Å². The van der Waals surface area contributed by atoms with E-state index >= 15 is 0 Å². The van der Waals surface area contributed by atoms with Crippen LogP contribution in [0.5, 0.6) is 0 Å². The first-order valence-corrected chi connectivity index (χ1v) is 8.61. The number of likely N-dealkylation sites (tertiary alicyclic amines) is 1. The molecule has 0 bridgehead atoms. The maximum atomic E-state index is 13.0. The number of carbonyl (C=O) groups is 1. The van der Waals surface area contributed by atoms with Crippen LogP contribution < -0.4 is 4.90 Å². The van der Waals surface area contributed by atoms with Gasteiger partial charge < -0.3 is 19.1 Å². The van der Waals surface area contributed by atoms with Crippen LogP contribution in [0, 0.1) is 6.92 Å². The van der Waals surface area contributed by atoms with Crippen molar-refractivity contribution in [3.05, 3.63) is 41.5 Å². The van der Waals surface area contributed by atoms with Crippen molar-refractivity contribution in [1.29, 1.82) is 0 Å². The van der Waals surface area contributed by atoms with Crippen LogP contribution in [-0.2, 0) is 16.0 Å². The number of ether oxygens (including phenoxy) is 1. The van der Waals surface area contributed by atoms with Crippen LogP contribution in [-0.4, -0.2) is 53.8 Å². The number of methoxy groups -OCH3 is 1. The van der Waals surface area contributed by atoms with Crippen molar-refractivity contribution >= 4 is 11.6 Å². The summed E-state index contributed by atoms with van der Waals surface area (Å²) in [6.07, 6.45) is 1.66. The standard InChI is InChI=1S/C18H22N4O3/c1-12-19-18(25-20-12)16-9-14(24-2)10-22(16)17(23)11-21-8-7-13-5-3-4-6-15(13)21/h3-6,14,16H,7-11H2,1-2H3/t14-,16+/m0/s1. The lowest BCUT2D eigenvalue weighted by Gasteiger charge is -2.26. The van der Waals surface area contributed by atoms with Gasteiger partial charge in [0.25, 0.3) is 0 Å². The van der Waals surface area contributed by atoms with E-state index in [0.29, 0.717) is 31.2 Å². The number of fused-ring (bicyclic) bond motifs is 1. The molecule has 1 aromatic heterocycles. The van der Waals surface area contributed by atoms with Gasteiger partial charge in [-0.05, 0) is 25.0 Å². The molecule has 2 aromatic rings. The molecule has 2 atom stereocenters. The smallest absolute Gasteiger partial charge is 0.249 e. The van der Waals surface area contributed by atoms with Crippen molar-refractivity contribution in [1.82, 2.24) is 15.0 Å². The molecule has 1 fully saturated rings. The number of hydrogen-bond acceptors (Lipinski definition) is 6. The third kappa shape index (κ3) is 3.00. The van der Waals surface area contributed by atoms with Gasteiger partial charge in [0.1, 0.15) is 6.04 Å². The van der Waals surface area contributed by atoms with Crippen molar-refractivity contribution < 1.29 is 14.1 Å². The van der Waals surface area contributed by atoms with E-state index in [1.165, 1.54) is 5.56 Å². The number of amides is 1. The van der Waals surface area contributed by atoms with Gasteiger partial charge in [0.05, 0.1) is 12.6 Å². The van der Waals surface area contributed by atoms with Gasteiger partial charge >= 0.3 is 0 Å². The average molecular weight is 342 g/mol. The fourth-order valence-electron chi connectivity index (χ4n) is 3.75. The Kier molecular flexibility index (Phi) is 4.17. The largest absolute Gasteiger partial charge is 0.380 e. The highest BCUT2D eigenvalue weighted by molar-refractivity contribution is 5.83. The van der Waals surface area contributed by atoms with E-state index in [4.69, 9.17) is 9.26 Å². The highest BCUT2D eigenvalue weighted by atomic mass is 16.5. The number of nitrogens with zero attached hydrogens (tertiary/aromatic N) is 4. The minimum absolute atomic E-state index is 0.00739. The van der Waals surface area contributed by atoms with E-state index in [1.807, 2.05) is 17.0 Å². The van der Waals surface area contributed by atoms with Gasteiger partial charge in [0, 0.05) is 32.3 Å². The normalized spacial score (nSPS) is 22.5. The van der Waals surface area contributed by atoms with Crippen LogP contribution in [0.2, 0.25) is 0 Å². The van der Waals surface area contributed by atoms with Gasteiger partial charge in [-0.25, -0.2) is 0 Å². The van der Waals surface area contributed by atoms with Crippen LogP contribution in [0.1, 0.15) is 29.7 Å². The molecule has 2 aliphatic rings. The Morgan fingerprint density at radius 2 is 2.24 bits per heavy atom. The van der Waals surface area contributed by atoms with Crippen LogP contribution in [0.4, 0.5) is 5.69 Å². The Bertz CT molecular complexity index is 775. The zero-order valence-corrected chi connectivity index (χ0v) is 14.5. The summed E-state index contributed by atoms with van der Waals surface area (Å²) in [5, 5.41) is 3.86. The van der Waals surface area contributed by atoms with Gasteiger partial charge in [-0.2, -0.15) is 4.98 Å². The summed E-state index contributed by atoms with van der Waals surface area (Å²) in [6.45, 7) is 3.56. The fraction of sp³-hybridized carbons (Fsp3) is 0.500. The third-order valence-corrected chi connectivity index (χ3v) is 5.05. The highest BCUT2D eigenvalue weighted by Gasteiger charge is 2.40. The molecule has 7 nitrogen and oxygen atoms in total. The molecule has 0 radical (unpaired) electrons. The van der Waals surface area contributed by atoms with E-state index < -0.39 is 0 Å². The number of carbonyl (C=O) groups excluding carboxylic acids is 1.